The van der Waals surface area contributed by atoms with E-state index >= 15 is 0 Å². The largest absolute Gasteiger partial charge is 0.480 e. The number of carboxylic acids is 2. The van der Waals surface area contributed by atoms with Gasteiger partial charge < -0.3 is 10.2 Å². The molecule has 0 aliphatic heterocycles. The number of halogens is 3. The Bertz CT molecular complexity index is 246. The number of rotatable bonds is 3. The molecular weight excluding hydrogens is 275 g/mol. The number of carbonyl (C=O) groups is 2. The minimum absolute atomic E-state index is 0.577. The van der Waals surface area contributed by atoms with E-state index in [4.69, 9.17) is 33.4 Å². The standard InChI is InChI=1S/C5H3BrCl2O4/c6-2(5(11)12)1(3(7)8)4(9)10/h2H,(H,9,10)(H,11,12). The third-order valence-corrected chi connectivity index (χ3v) is 2.16. The molecule has 0 fully saturated rings. The Hall–Kier alpha value is -0.260. The molecule has 0 heterocycles. The summed E-state index contributed by atoms with van der Waals surface area (Å²) in [5, 5.41) is 16.8. The molecule has 68 valence electrons. The second-order valence-electron chi connectivity index (χ2n) is 1.68. The van der Waals surface area contributed by atoms with Crippen LogP contribution in [-0.4, -0.2) is 27.0 Å². The van der Waals surface area contributed by atoms with Gasteiger partial charge in [-0.3, -0.25) is 4.79 Å². The summed E-state index contributed by atoms with van der Waals surface area (Å²) >= 11 is 12.9. The zero-order valence-corrected chi connectivity index (χ0v) is 8.52. The first-order valence-corrected chi connectivity index (χ1v) is 4.20. The highest BCUT2D eigenvalue weighted by Gasteiger charge is 2.27. The van der Waals surface area contributed by atoms with Gasteiger partial charge in [-0.05, 0) is 0 Å². The van der Waals surface area contributed by atoms with Crippen molar-refractivity contribution in [3.05, 3.63) is 10.1 Å². The van der Waals surface area contributed by atoms with Crippen LogP contribution in [0.5, 0.6) is 0 Å². The van der Waals surface area contributed by atoms with Crippen LogP contribution in [0.3, 0.4) is 0 Å². The Labute approximate surface area is 85.9 Å². The predicted octanol–water partition coefficient (Wildman–Crippen LogP) is 1.61. The summed E-state index contributed by atoms with van der Waals surface area (Å²) in [5.74, 6) is -2.84. The van der Waals surface area contributed by atoms with Gasteiger partial charge in [0, 0.05) is 0 Å². The van der Waals surface area contributed by atoms with E-state index in [-0.39, 0.29) is 0 Å². The van der Waals surface area contributed by atoms with Gasteiger partial charge >= 0.3 is 11.9 Å². The first-order chi connectivity index (χ1) is 5.37. The maximum atomic E-state index is 10.4. The topological polar surface area (TPSA) is 74.6 Å². The molecule has 0 aromatic heterocycles. The second-order valence-corrected chi connectivity index (χ2v) is 3.55. The van der Waals surface area contributed by atoms with E-state index in [0.717, 1.165) is 0 Å². The van der Waals surface area contributed by atoms with E-state index in [2.05, 4.69) is 15.9 Å². The molecule has 7 heteroatoms. The number of carboxylic acid groups (broad SMARTS) is 2. The molecule has 0 aromatic carbocycles. The average Bonchev–Trinajstić information content (AvgIpc) is 1.85. The van der Waals surface area contributed by atoms with Gasteiger partial charge in [0.15, 0.2) is 0 Å². The molecule has 0 amide bonds. The first kappa shape index (κ1) is 11.7. The lowest BCUT2D eigenvalue weighted by molar-refractivity contribution is -0.139. The number of hydrogen-bond donors (Lipinski definition) is 2. The van der Waals surface area contributed by atoms with Crippen molar-refractivity contribution in [2.45, 2.75) is 4.83 Å². The third kappa shape index (κ3) is 3.00. The van der Waals surface area contributed by atoms with E-state index in [1.807, 2.05) is 0 Å². The van der Waals surface area contributed by atoms with E-state index in [1.54, 1.807) is 0 Å². The minimum Gasteiger partial charge on any atom is -0.480 e. The Morgan fingerprint density at radius 1 is 1.25 bits per heavy atom. The van der Waals surface area contributed by atoms with Crippen molar-refractivity contribution in [1.29, 1.82) is 0 Å². The van der Waals surface area contributed by atoms with E-state index in [1.165, 1.54) is 0 Å². The van der Waals surface area contributed by atoms with E-state index in [0.29, 0.717) is 0 Å². The summed E-state index contributed by atoms with van der Waals surface area (Å²) in [5.41, 5.74) is -0.592. The van der Waals surface area contributed by atoms with Crippen LogP contribution < -0.4 is 0 Å². The van der Waals surface area contributed by atoms with Crippen LogP contribution in [0.2, 0.25) is 0 Å². The van der Waals surface area contributed by atoms with Crippen molar-refractivity contribution < 1.29 is 19.8 Å². The Morgan fingerprint density at radius 3 is 1.75 bits per heavy atom. The highest BCUT2D eigenvalue weighted by Crippen LogP contribution is 2.22. The van der Waals surface area contributed by atoms with Gasteiger partial charge in [0.25, 0.3) is 0 Å². The predicted molar refractivity (Wildman–Crippen MR) is 46.7 cm³/mol. The molecule has 0 saturated heterocycles. The molecular formula is C5H3BrCl2O4. The average molecular weight is 278 g/mol. The van der Waals surface area contributed by atoms with Gasteiger partial charge in [-0.1, -0.05) is 39.1 Å². The van der Waals surface area contributed by atoms with Crippen molar-refractivity contribution in [3.8, 4) is 0 Å². The van der Waals surface area contributed by atoms with E-state index in [9.17, 15) is 9.59 Å². The summed E-state index contributed by atoms with van der Waals surface area (Å²) in [4.78, 5) is 19.3. The van der Waals surface area contributed by atoms with Crippen molar-refractivity contribution in [1.82, 2.24) is 0 Å². The Balaban J connectivity index is 4.91. The number of hydrogen-bond acceptors (Lipinski definition) is 2. The summed E-state index contributed by atoms with van der Waals surface area (Å²) in [6, 6.07) is 0. The fourth-order valence-corrected chi connectivity index (χ4v) is 1.48. The van der Waals surface area contributed by atoms with Crippen LogP contribution in [0.25, 0.3) is 0 Å². The fraction of sp³-hybridized carbons (Fsp3) is 0.200. The molecule has 1 atom stereocenters. The summed E-state index contributed by atoms with van der Waals surface area (Å²) < 4.78 is -0.577. The summed E-state index contributed by atoms with van der Waals surface area (Å²) in [6.45, 7) is 0. The lowest BCUT2D eigenvalue weighted by Gasteiger charge is -2.04. The zero-order chi connectivity index (χ0) is 9.89. The highest BCUT2D eigenvalue weighted by atomic mass is 79.9. The molecule has 1 unspecified atom stereocenters. The minimum atomic E-state index is -1.47. The van der Waals surface area contributed by atoms with Gasteiger partial charge in [-0.15, -0.1) is 0 Å². The van der Waals surface area contributed by atoms with Crippen LogP contribution >= 0.6 is 39.1 Å². The molecule has 0 rings (SSSR count). The van der Waals surface area contributed by atoms with Crippen LogP contribution in [0, 0.1) is 0 Å². The Kier molecular flexibility index (Phi) is 4.59. The maximum Gasteiger partial charge on any atom is 0.335 e. The van der Waals surface area contributed by atoms with Crippen molar-refractivity contribution >= 4 is 51.1 Å². The lowest BCUT2D eigenvalue weighted by Crippen LogP contribution is -2.21. The molecule has 0 spiro atoms. The van der Waals surface area contributed by atoms with Crippen molar-refractivity contribution in [2.24, 2.45) is 0 Å². The van der Waals surface area contributed by atoms with E-state index < -0.39 is 26.8 Å². The van der Waals surface area contributed by atoms with Crippen LogP contribution in [0.15, 0.2) is 10.1 Å². The monoisotopic (exact) mass is 276 g/mol. The molecule has 4 nitrogen and oxygen atoms in total. The smallest absolute Gasteiger partial charge is 0.335 e. The molecule has 0 aliphatic carbocycles. The van der Waals surface area contributed by atoms with Gasteiger partial charge in [0.05, 0.1) is 5.57 Å². The normalized spacial score (nSPS) is 11.9. The maximum absolute atomic E-state index is 10.4. The zero-order valence-electron chi connectivity index (χ0n) is 5.42. The molecule has 0 radical (unpaired) electrons. The molecule has 0 aliphatic rings. The number of aliphatic carboxylic acids is 2. The van der Waals surface area contributed by atoms with Crippen LogP contribution in [-0.2, 0) is 9.59 Å². The highest BCUT2D eigenvalue weighted by molar-refractivity contribution is 9.10. The SMILES string of the molecule is O=C(O)C(=C(Cl)Cl)C(Br)C(=O)O. The third-order valence-electron chi connectivity index (χ3n) is 0.904. The van der Waals surface area contributed by atoms with Gasteiger partial charge in [0.1, 0.15) is 9.32 Å². The lowest BCUT2D eigenvalue weighted by atomic mass is 10.2. The van der Waals surface area contributed by atoms with Gasteiger partial charge in [-0.25, -0.2) is 4.79 Å². The van der Waals surface area contributed by atoms with Crippen molar-refractivity contribution in [3.63, 3.8) is 0 Å². The molecule has 0 saturated carbocycles. The molecule has 12 heavy (non-hydrogen) atoms. The van der Waals surface area contributed by atoms with Crippen LogP contribution in [0.1, 0.15) is 0 Å². The fourth-order valence-electron chi connectivity index (χ4n) is 0.409. The second kappa shape index (κ2) is 4.69. The summed E-state index contributed by atoms with van der Waals surface area (Å²) in [6.07, 6.45) is 0. The molecule has 0 bridgehead atoms. The van der Waals surface area contributed by atoms with Gasteiger partial charge in [0.2, 0.25) is 0 Å². The van der Waals surface area contributed by atoms with Crippen molar-refractivity contribution in [2.75, 3.05) is 0 Å². The summed E-state index contributed by atoms with van der Waals surface area (Å²) in [7, 11) is 0. The quantitative estimate of drug-likeness (QED) is 0.607. The van der Waals surface area contributed by atoms with Crippen LogP contribution in [0.4, 0.5) is 0 Å². The molecule has 2 N–H and O–H groups in total. The van der Waals surface area contributed by atoms with Gasteiger partial charge in [-0.2, -0.15) is 0 Å². The molecule has 0 aromatic rings. The number of alkyl halides is 1. The Morgan fingerprint density at radius 2 is 1.67 bits per heavy atom. The first-order valence-electron chi connectivity index (χ1n) is 2.53.